The van der Waals surface area contributed by atoms with Crippen LogP contribution < -0.4 is 10.5 Å². The molecule has 0 unspecified atom stereocenters. The molecule has 0 aromatic carbocycles. The summed E-state index contributed by atoms with van der Waals surface area (Å²) < 4.78 is 26.4. The topological polar surface area (TPSA) is 114 Å². The van der Waals surface area contributed by atoms with Crippen molar-refractivity contribution < 1.29 is 8.42 Å². The maximum atomic E-state index is 12.0. The molecule has 0 aliphatic carbocycles. The Balaban J connectivity index is 2.19. The summed E-state index contributed by atoms with van der Waals surface area (Å²) in [5.74, 6) is 0. The molecule has 2 heterocycles. The van der Waals surface area contributed by atoms with E-state index in [1.807, 2.05) is 6.92 Å². The Hall–Kier alpha value is -1.93. The lowest BCUT2D eigenvalue weighted by Gasteiger charge is -2.07. The maximum Gasteiger partial charge on any atom is 0.260 e. The Morgan fingerprint density at radius 2 is 2.28 bits per heavy atom. The number of sulfonamides is 1. The molecular formula is C10H13N5O2S. The number of nitrogens with zero attached hydrogens (tertiary/aromatic N) is 2. The second-order valence-corrected chi connectivity index (χ2v) is 5.42. The van der Waals surface area contributed by atoms with Crippen LogP contribution in [0.1, 0.15) is 11.3 Å². The number of H-pyrrole nitrogens is 1. The molecule has 0 fully saturated rings. The molecule has 0 amide bonds. The van der Waals surface area contributed by atoms with Crippen LogP contribution in [-0.4, -0.2) is 23.6 Å². The molecule has 7 nitrogen and oxygen atoms in total. The summed E-state index contributed by atoms with van der Waals surface area (Å²) in [5, 5.41) is 6.38. The molecule has 0 saturated heterocycles. The molecule has 8 heteroatoms. The minimum absolute atomic E-state index is 0.119. The van der Waals surface area contributed by atoms with Gasteiger partial charge in [-0.2, -0.15) is 5.10 Å². The fourth-order valence-corrected chi connectivity index (χ4v) is 2.48. The van der Waals surface area contributed by atoms with Gasteiger partial charge in [0, 0.05) is 24.0 Å². The first-order valence-electron chi connectivity index (χ1n) is 5.19. The summed E-state index contributed by atoms with van der Waals surface area (Å²) in [6, 6.07) is 3.07. The van der Waals surface area contributed by atoms with Crippen molar-refractivity contribution >= 4 is 15.7 Å². The van der Waals surface area contributed by atoms with Gasteiger partial charge in [0.05, 0.1) is 11.9 Å². The molecular weight excluding hydrogens is 254 g/mol. The van der Waals surface area contributed by atoms with Crippen molar-refractivity contribution in [3.8, 4) is 0 Å². The molecule has 2 rings (SSSR count). The summed E-state index contributed by atoms with van der Waals surface area (Å²) in [4.78, 5) is 3.77. The molecule has 0 aliphatic heterocycles. The second kappa shape index (κ2) is 4.75. The Morgan fingerprint density at radius 1 is 1.50 bits per heavy atom. The van der Waals surface area contributed by atoms with E-state index < -0.39 is 10.0 Å². The van der Waals surface area contributed by atoms with E-state index in [0.717, 1.165) is 11.3 Å². The number of nitrogens with one attached hydrogen (secondary N) is 2. The van der Waals surface area contributed by atoms with Gasteiger partial charge in [-0.1, -0.05) is 0 Å². The Morgan fingerprint density at radius 3 is 2.89 bits per heavy atom. The number of aromatic amines is 1. The first kappa shape index (κ1) is 12.5. The van der Waals surface area contributed by atoms with Gasteiger partial charge in [0.2, 0.25) is 0 Å². The smallest absolute Gasteiger partial charge is 0.260 e. The van der Waals surface area contributed by atoms with Gasteiger partial charge < -0.3 is 5.73 Å². The largest absolute Gasteiger partial charge is 0.396 e. The molecule has 4 N–H and O–H groups in total. The zero-order valence-electron chi connectivity index (χ0n) is 9.71. The second-order valence-electron chi connectivity index (χ2n) is 3.74. The van der Waals surface area contributed by atoms with Crippen LogP contribution >= 0.6 is 0 Å². The first-order valence-corrected chi connectivity index (χ1v) is 6.68. The van der Waals surface area contributed by atoms with E-state index in [9.17, 15) is 8.42 Å². The van der Waals surface area contributed by atoms with E-state index in [1.54, 1.807) is 12.3 Å². The Bertz CT molecular complexity index is 650. The summed E-state index contributed by atoms with van der Waals surface area (Å²) in [6.07, 6.45) is 2.95. The summed E-state index contributed by atoms with van der Waals surface area (Å²) in [6.45, 7) is 1.95. The van der Waals surface area contributed by atoms with Crippen LogP contribution in [0, 0.1) is 6.92 Å². The van der Waals surface area contributed by atoms with Gasteiger partial charge >= 0.3 is 0 Å². The number of anilines is 1. The standard InChI is InChI=1S/C10H13N5O2S/c1-7-8(5-13-15-7)6-14-18(16,17)10-9(11)3-2-4-12-10/h2-5,14H,6,11H2,1H3,(H,13,15). The van der Waals surface area contributed by atoms with E-state index in [1.165, 1.54) is 12.3 Å². The number of pyridine rings is 1. The number of hydrogen-bond acceptors (Lipinski definition) is 5. The van der Waals surface area contributed by atoms with Crippen molar-refractivity contribution in [2.75, 3.05) is 5.73 Å². The van der Waals surface area contributed by atoms with E-state index >= 15 is 0 Å². The number of nitrogens with two attached hydrogens (primary N) is 1. The van der Waals surface area contributed by atoms with Gasteiger partial charge in [-0.15, -0.1) is 0 Å². The van der Waals surface area contributed by atoms with Crippen molar-refractivity contribution in [1.82, 2.24) is 19.9 Å². The van der Waals surface area contributed by atoms with E-state index in [2.05, 4.69) is 19.9 Å². The van der Waals surface area contributed by atoms with Gasteiger partial charge in [-0.25, -0.2) is 18.1 Å². The SMILES string of the molecule is Cc1[nH]ncc1CNS(=O)(=O)c1ncccc1N. The molecule has 0 spiro atoms. The molecule has 96 valence electrons. The summed E-state index contributed by atoms with van der Waals surface area (Å²) >= 11 is 0. The molecule has 18 heavy (non-hydrogen) atoms. The Kier molecular flexibility index (Phi) is 3.30. The van der Waals surface area contributed by atoms with Crippen LogP contribution in [0.4, 0.5) is 5.69 Å². The molecule has 0 aliphatic rings. The third-order valence-electron chi connectivity index (χ3n) is 2.44. The number of aromatic nitrogens is 3. The highest BCUT2D eigenvalue weighted by Crippen LogP contribution is 2.14. The maximum absolute atomic E-state index is 12.0. The van der Waals surface area contributed by atoms with Gasteiger partial charge in [-0.05, 0) is 19.1 Å². The van der Waals surface area contributed by atoms with Crippen molar-refractivity contribution in [3.05, 3.63) is 35.8 Å². The summed E-state index contributed by atoms with van der Waals surface area (Å²) in [5.41, 5.74) is 7.29. The lowest BCUT2D eigenvalue weighted by Crippen LogP contribution is -2.25. The van der Waals surface area contributed by atoms with Crippen molar-refractivity contribution in [2.24, 2.45) is 0 Å². The highest BCUT2D eigenvalue weighted by Gasteiger charge is 2.18. The lowest BCUT2D eigenvalue weighted by molar-refractivity contribution is 0.578. The monoisotopic (exact) mass is 267 g/mol. The molecule has 0 saturated carbocycles. The molecule has 2 aromatic heterocycles. The van der Waals surface area contributed by atoms with Crippen molar-refractivity contribution in [3.63, 3.8) is 0 Å². The van der Waals surface area contributed by atoms with Crippen LogP contribution in [0.3, 0.4) is 0 Å². The third-order valence-corrected chi connectivity index (χ3v) is 3.82. The molecule has 0 bridgehead atoms. The quantitative estimate of drug-likeness (QED) is 0.731. The number of rotatable bonds is 4. The molecule has 2 aromatic rings. The van der Waals surface area contributed by atoms with Gasteiger partial charge in [0.15, 0.2) is 5.03 Å². The third kappa shape index (κ3) is 2.49. The zero-order chi connectivity index (χ0) is 13.2. The normalized spacial score (nSPS) is 11.6. The molecule has 0 radical (unpaired) electrons. The van der Waals surface area contributed by atoms with E-state index in [-0.39, 0.29) is 17.3 Å². The van der Waals surface area contributed by atoms with Crippen LogP contribution in [0.5, 0.6) is 0 Å². The van der Waals surface area contributed by atoms with E-state index in [4.69, 9.17) is 5.73 Å². The minimum Gasteiger partial charge on any atom is -0.396 e. The average Bonchev–Trinajstić information content (AvgIpc) is 2.73. The van der Waals surface area contributed by atoms with Crippen LogP contribution in [0.15, 0.2) is 29.6 Å². The van der Waals surface area contributed by atoms with Gasteiger partial charge in [0.25, 0.3) is 10.0 Å². The average molecular weight is 267 g/mol. The fraction of sp³-hybridized carbons (Fsp3) is 0.200. The highest BCUT2D eigenvalue weighted by molar-refractivity contribution is 7.89. The van der Waals surface area contributed by atoms with Gasteiger partial charge in [-0.3, -0.25) is 5.10 Å². The zero-order valence-corrected chi connectivity index (χ0v) is 10.5. The van der Waals surface area contributed by atoms with Crippen LogP contribution in [0.25, 0.3) is 0 Å². The predicted octanol–water partition coefficient (Wildman–Crippen LogP) is 0.174. The number of aryl methyl sites for hydroxylation is 1. The first-order chi connectivity index (χ1) is 8.50. The Labute approximate surface area is 104 Å². The number of nitrogen functional groups attached to an aromatic ring is 1. The van der Waals surface area contributed by atoms with Crippen LogP contribution in [-0.2, 0) is 16.6 Å². The fourth-order valence-electron chi connectivity index (χ4n) is 1.42. The lowest BCUT2D eigenvalue weighted by atomic mass is 10.3. The van der Waals surface area contributed by atoms with Crippen LogP contribution in [0.2, 0.25) is 0 Å². The van der Waals surface area contributed by atoms with Crippen molar-refractivity contribution in [2.45, 2.75) is 18.5 Å². The summed E-state index contributed by atoms with van der Waals surface area (Å²) in [7, 11) is -3.71. The van der Waals surface area contributed by atoms with Crippen molar-refractivity contribution in [1.29, 1.82) is 0 Å². The molecule has 0 atom stereocenters. The van der Waals surface area contributed by atoms with Gasteiger partial charge in [0.1, 0.15) is 0 Å². The number of hydrogen-bond donors (Lipinski definition) is 3. The highest BCUT2D eigenvalue weighted by atomic mass is 32.2. The minimum atomic E-state index is -3.71. The van der Waals surface area contributed by atoms with E-state index in [0.29, 0.717) is 0 Å². The predicted molar refractivity (Wildman–Crippen MR) is 66.0 cm³/mol.